The number of fused-ring (bicyclic) bond motifs is 6. The van der Waals surface area contributed by atoms with Crippen molar-refractivity contribution in [2.24, 2.45) is 0 Å². The highest BCUT2D eigenvalue weighted by molar-refractivity contribution is 6.12. The number of hydrogen-bond donors (Lipinski definition) is 0. The molecule has 0 fully saturated rings. The number of rotatable bonds is 10. The molecule has 2 heterocycles. The van der Waals surface area contributed by atoms with E-state index in [0.29, 0.717) is 11.1 Å². The Bertz CT molecular complexity index is 4430. The van der Waals surface area contributed by atoms with Gasteiger partial charge in [0.15, 0.2) is 0 Å². The second-order valence-corrected chi connectivity index (χ2v) is 18.7. The van der Waals surface area contributed by atoms with E-state index in [1.54, 1.807) is 0 Å². The monoisotopic (exact) mass is 980 g/mol. The van der Waals surface area contributed by atoms with Gasteiger partial charge in [0.1, 0.15) is 11.6 Å². The molecule has 0 amide bonds. The van der Waals surface area contributed by atoms with Crippen molar-refractivity contribution in [3.05, 3.63) is 278 Å². The van der Waals surface area contributed by atoms with Crippen LogP contribution in [0, 0.1) is 34.3 Å². The highest BCUT2D eigenvalue weighted by Gasteiger charge is 2.21. The van der Waals surface area contributed by atoms with Crippen LogP contribution in [0.2, 0.25) is 0 Å². The van der Waals surface area contributed by atoms with Crippen LogP contribution in [0.4, 0.5) is 42.9 Å². The first-order chi connectivity index (χ1) is 37.4. The summed E-state index contributed by atoms with van der Waals surface area (Å²) < 4.78 is 32.5. The van der Waals surface area contributed by atoms with Gasteiger partial charge in [0.25, 0.3) is 0 Å². The lowest BCUT2D eigenvalue weighted by molar-refractivity contribution is 0.627. The third-order valence-electron chi connectivity index (χ3n) is 14.3. The summed E-state index contributed by atoms with van der Waals surface area (Å²) in [6.07, 6.45) is 0. The Balaban J connectivity index is 0.863. The van der Waals surface area contributed by atoms with Crippen molar-refractivity contribution in [1.29, 1.82) is 10.5 Å². The van der Waals surface area contributed by atoms with Gasteiger partial charge < -0.3 is 18.9 Å². The van der Waals surface area contributed by atoms with Crippen LogP contribution < -0.4 is 9.80 Å². The minimum atomic E-state index is -0.282. The Kier molecular flexibility index (Phi) is 11.2. The van der Waals surface area contributed by atoms with E-state index in [4.69, 9.17) is 0 Å². The van der Waals surface area contributed by atoms with Gasteiger partial charge in [-0.05, 0) is 198 Å². The third kappa shape index (κ3) is 8.04. The topological polar surface area (TPSA) is 63.9 Å². The Hall–Kier alpha value is -10.5. The van der Waals surface area contributed by atoms with Gasteiger partial charge >= 0.3 is 0 Å². The molecule has 2 aromatic heterocycles. The van der Waals surface area contributed by atoms with E-state index < -0.39 is 0 Å². The van der Waals surface area contributed by atoms with Gasteiger partial charge in [-0.1, -0.05) is 78.9 Å². The van der Waals surface area contributed by atoms with Gasteiger partial charge in [-0.25, -0.2) is 8.78 Å². The Morgan fingerprint density at radius 2 is 0.658 bits per heavy atom. The van der Waals surface area contributed by atoms with Crippen molar-refractivity contribution in [1.82, 2.24) is 9.13 Å². The second kappa shape index (κ2) is 18.8. The molecular weight excluding hydrogens is 939 g/mol. The van der Waals surface area contributed by atoms with Crippen LogP contribution in [0.1, 0.15) is 11.1 Å². The fourth-order valence-corrected chi connectivity index (χ4v) is 10.7. The van der Waals surface area contributed by atoms with Crippen LogP contribution in [0.3, 0.4) is 0 Å². The molecule has 0 aliphatic carbocycles. The van der Waals surface area contributed by atoms with Crippen molar-refractivity contribution in [2.75, 3.05) is 9.80 Å². The summed E-state index contributed by atoms with van der Waals surface area (Å²) in [4.78, 5) is 4.43. The molecule has 13 rings (SSSR count). The van der Waals surface area contributed by atoms with Crippen LogP contribution in [-0.2, 0) is 0 Å². The average Bonchev–Trinajstić information content (AvgIpc) is 3.99. The minimum Gasteiger partial charge on any atom is -0.310 e. The lowest BCUT2D eigenvalue weighted by atomic mass is 9.98. The van der Waals surface area contributed by atoms with Crippen molar-refractivity contribution >= 4 is 77.7 Å². The maximum Gasteiger partial charge on any atom is 0.123 e. The molecule has 6 nitrogen and oxygen atoms in total. The number of anilines is 6. The fourth-order valence-electron chi connectivity index (χ4n) is 10.7. The predicted octanol–water partition coefficient (Wildman–Crippen LogP) is 18.2. The lowest BCUT2D eigenvalue weighted by Gasteiger charge is -2.26. The lowest BCUT2D eigenvalue weighted by Crippen LogP contribution is -2.10. The SMILES string of the molecule is N#Cc1ccc(N(c2ccc(-c3cccc(-c4cccc(N(c5ccc(C#N)cc5)c5ccc6c(c5)c5ccccc5n6-c5ccc(F)cc5)c4)c3)cc2)c2ccc3c(c2)c2ccccc2n3-c2ccc(F)cc2)cc1. The van der Waals surface area contributed by atoms with Gasteiger partial charge in [0.2, 0.25) is 0 Å². The molecule has 358 valence electrons. The maximum absolute atomic E-state index is 14.1. The Labute approximate surface area is 437 Å². The summed E-state index contributed by atoms with van der Waals surface area (Å²) in [5, 5.41) is 23.7. The molecule has 0 saturated heterocycles. The molecule has 0 unspecified atom stereocenters. The zero-order valence-corrected chi connectivity index (χ0v) is 40.7. The maximum atomic E-state index is 14.1. The van der Waals surface area contributed by atoms with Crippen LogP contribution in [-0.4, -0.2) is 9.13 Å². The molecule has 13 aromatic rings. The molecule has 0 N–H and O–H groups in total. The molecule has 11 aromatic carbocycles. The number of nitrogens with zero attached hydrogens (tertiary/aromatic N) is 6. The molecule has 0 aliphatic rings. The van der Waals surface area contributed by atoms with E-state index in [1.165, 1.54) is 24.3 Å². The van der Waals surface area contributed by atoms with Crippen molar-refractivity contribution in [2.45, 2.75) is 0 Å². The van der Waals surface area contributed by atoms with E-state index in [2.05, 4.69) is 165 Å². The number of para-hydroxylation sites is 2. The van der Waals surface area contributed by atoms with E-state index >= 15 is 0 Å². The zero-order valence-electron chi connectivity index (χ0n) is 40.7. The van der Waals surface area contributed by atoms with Gasteiger partial charge in [-0.15, -0.1) is 0 Å². The van der Waals surface area contributed by atoms with Crippen LogP contribution >= 0.6 is 0 Å². The molecule has 0 atom stereocenters. The number of benzene rings is 11. The molecule has 0 aliphatic heterocycles. The van der Waals surface area contributed by atoms with Gasteiger partial charge in [-0.2, -0.15) is 10.5 Å². The fraction of sp³-hybridized carbons (Fsp3) is 0. The van der Waals surface area contributed by atoms with E-state index in [-0.39, 0.29) is 11.6 Å². The molecular formula is C68H42F2N6. The standard InChI is InChI=1S/C68H42F2N6/c69-51-21-31-56(32-22-51)75-65-13-3-1-11-61(65)63-41-59(35-37-67(63)75)73(53-25-15-45(43-71)16-26-53)55-29-19-47(20-30-55)48-7-5-8-49(39-48)50-9-6-10-58(40-50)74(54-27-17-46(44-72)18-28-54)60-36-38-68-64(42-60)62-12-2-4-14-66(62)76(68)57-33-23-52(70)24-34-57/h1-42H. The first kappa shape index (κ1) is 45.3. The van der Waals surface area contributed by atoms with Crippen molar-refractivity contribution in [3.8, 4) is 45.8 Å². The molecule has 0 spiro atoms. The summed E-state index contributed by atoms with van der Waals surface area (Å²) in [7, 11) is 0. The Morgan fingerprint density at radius 1 is 0.289 bits per heavy atom. The van der Waals surface area contributed by atoms with Crippen molar-refractivity contribution in [3.63, 3.8) is 0 Å². The summed E-state index contributed by atoms with van der Waals surface area (Å²) >= 11 is 0. The summed E-state index contributed by atoms with van der Waals surface area (Å²) in [6, 6.07) is 88.1. The minimum absolute atomic E-state index is 0.281. The van der Waals surface area contributed by atoms with Gasteiger partial charge in [0, 0.05) is 67.0 Å². The molecule has 76 heavy (non-hydrogen) atoms. The first-order valence-corrected chi connectivity index (χ1v) is 24.9. The second-order valence-electron chi connectivity index (χ2n) is 18.7. The van der Waals surface area contributed by atoms with Crippen LogP contribution in [0.5, 0.6) is 0 Å². The third-order valence-corrected chi connectivity index (χ3v) is 14.3. The summed E-state index contributed by atoms with van der Waals surface area (Å²) in [5.41, 5.74) is 16.7. The molecule has 0 radical (unpaired) electrons. The van der Waals surface area contributed by atoms with Crippen LogP contribution in [0.25, 0.3) is 77.2 Å². The molecule has 0 saturated carbocycles. The number of hydrogen-bond acceptors (Lipinski definition) is 4. The predicted molar refractivity (Wildman–Crippen MR) is 305 cm³/mol. The van der Waals surface area contributed by atoms with E-state index in [1.807, 2.05) is 97.1 Å². The quantitative estimate of drug-likeness (QED) is 0.137. The number of nitriles is 2. The Morgan fingerprint density at radius 3 is 1.13 bits per heavy atom. The first-order valence-electron chi connectivity index (χ1n) is 24.9. The normalized spacial score (nSPS) is 11.3. The van der Waals surface area contributed by atoms with E-state index in [9.17, 15) is 19.3 Å². The summed E-state index contributed by atoms with van der Waals surface area (Å²) in [5.74, 6) is -0.564. The van der Waals surface area contributed by atoms with Gasteiger partial charge in [0.05, 0.1) is 45.3 Å². The molecule has 8 heteroatoms. The number of halogens is 2. The van der Waals surface area contributed by atoms with Crippen LogP contribution in [0.15, 0.2) is 255 Å². The smallest absolute Gasteiger partial charge is 0.123 e. The number of aromatic nitrogens is 2. The average molecular weight is 981 g/mol. The zero-order chi connectivity index (χ0) is 51.3. The largest absolute Gasteiger partial charge is 0.310 e. The highest BCUT2D eigenvalue weighted by Crippen LogP contribution is 2.43. The van der Waals surface area contributed by atoms with E-state index in [0.717, 1.165) is 111 Å². The summed E-state index contributed by atoms with van der Waals surface area (Å²) in [6.45, 7) is 0. The highest BCUT2D eigenvalue weighted by atomic mass is 19.1. The van der Waals surface area contributed by atoms with Gasteiger partial charge in [-0.3, -0.25) is 0 Å². The molecule has 0 bridgehead atoms. The van der Waals surface area contributed by atoms with Crippen molar-refractivity contribution < 1.29 is 8.78 Å².